The first-order valence-electron chi connectivity index (χ1n) is 6.69. The molecule has 0 aliphatic heterocycles. The molecule has 0 aromatic heterocycles. The van der Waals surface area contributed by atoms with Gasteiger partial charge >= 0.3 is 0 Å². The molecule has 0 aromatic rings. The number of nitrogens with zero attached hydrogens (tertiary/aromatic N) is 1. The fourth-order valence-corrected chi connectivity index (χ4v) is 3.35. The molecule has 2 fully saturated rings. The van der Waals surface area contributed by atoms with Crippen molar-refractivity contribution in [1.29, 1.82) is 0 Å². The lowest BCUT2D eigenvalue weighted by molar-refractivity contribution is 0.382. The van der Waals surface area contributed by atoms with Crippen LogP contribution in [0.1, 0.15) is 39.5 Å². The van der Waals surface area contributed by atoms with Gasteiger partial charge in [-0.1, -0.05) is 6.42 Å². The normalized spacial score (nSPS) is 33.8. The zero-order valence-corrected chi connectivity index (χ0v) is 10.8. The Morgan fingerprint density at radius 1 is 1.41 bits per heavy atom. The summed E-state index contributed by atoms with van der Waals surface area (Å²) in [5, 5.41) is 0. The molecule has 0 amide bonds. The van der Waals surface area contributed by atoms with Crippen molar-refractivity contribution in [2.24, 2.45) is 28.5 Å². The number of halogens is 1. The number of aliphatic imine (C=N–C) groups is 1. The minimum absolute atomic E-state index is 0.246. The van der Waals surface area contributed by atoms with Gasteiger partial charge in [0.15, 0.2) is 0 Å². The molecule has 0 heterocycles. The third kappa shape index (κ3) is 2.70. The zero-order valence-electron chi connectivity index (χ0n) is 10.8. The zero-order chi connectivity index (χ0) is 12.4. The Morgan fingerprint density at radius 3 is 2.65 bits per heavy atom. The van der Waals surface area contributed by atoms with E-state index in [0.717, 1.165) is 17.4 Å². The monoisotopic (exact) mass is 238 g/mol. The average Bonchev–Trinajstić information content (AvgIpc) is 2.90. The van der Waals surface area contributed by atoms with E-state index < -0.39 is 6.67 Å². The molecular formula is C14H23FN2. The largest absolute Gasteiger partial charge is 0.400 e. The van der Waals surface area contributed by atoms with Crippen LogP contribution in [0.15, 0.2) is 16.3 Å². The molecule has 2 N–H and O–H groups in total. The van der Waals surface area contributed by atoms with Crippen LogP contribution in [0.4, 0.5) is 4.39 Å². The van der Waals surface area contributed by atoms with E-state index in [4.69, 9.17) is 5.73 Å². The SMILES string of the molecule is CC(C)N=CC(=C(N)CF)C1CC2CCC1C2. The van der Waals surface area contributed by atoms with Gasteiger partial charge in [0, 0.05) is 18.0 Å². The van der Waals surface area contributed by atoms with Crippen molar-refractivity contribution in [3.05, 3.63) is 11.3 Å². The number of hydrogen-bond acceptors (Lipinski definition) is 2. The maximum absolute atomic E-state index is 12.8. The first-order chi connectivity index (χ1) is 8.11. The maximum Gasteiger partial charge on any atom is 0.129 e. The van der Waals surface area contributed by atoms with Crippen molar-refractivity contribution in [3.63, 3.8) is 0 Å². The van der Waals surface area contributed by atoms with Crippen molar-refractivity contribution in [2.75, 3.05) is 6.67 Å². The number of nitrogens with two attached hydrogens (primary N) is 1. The van der Waals surface area contributed by atoms with Crippen LogP contribution < -0.4 is 5.73 Å². The summed E-state index contributed by atoms with van der Waals surface area (Å²) in [4.78, 5) is 4.39. The Labute approximate surface area is 103 Å². The molecule has 0 saturated heterocycles. The van der Waals surface area contributed by atoms with Crippen LogP contribution in [0, 0.1) is 17.8 Å². The summed E-state index contributed by atoms with van der Waals surface area (Å²) in [5.41, 5.74) is 7.20. The quantitative estimate of drug-likeness (QED) is 0.751. The van der Waals surface area contributed by atoms with E-state index >= 15 is 0 Å². The van der Waals surface area contributed by atoms with E-state index in [-0.39, 0.29) is 6.04 Å². The lowest BCUT2D eigenvalue weighted by Crippen LogP contribution is -2.19. The number of rotatable bonds is 4. The van der Waals surface area contributed by atoms with Crippen molar-refractivity contribution in [3.8, 4) is 0 Å². The van der Waals surface area contributed by atoms with Crippen molar-refractivity contribution < 1.29 is 4.39 Å². The molecule has 2 aliphatic rings. The van der Waals surface area contributed by atoms with Gasteiger partial charge in [-0.25, -0.2) is 4.39 Å². The van der Waals surface area contributed by atoms with E-state index in [0.29, 0.717) is 11.6 Å². The van der Waals surface area contributed by atoms with Gasteiger partial charge in [-0.3, -0.25) is 4.99 Å². The predicted molar refractivity (Wildman–Crippen MR) is 69.8 cm³/mol. The Morgan fingerprint density at radius 2 is 2.18 bits per heavy atom. The number of alkyl halides is 1. The Kier molecular flexibility index (Phi) is 3.85. The van der Waals surface area contributed by atoms with Gasteiger partial charge in [-0.15, -0.1) is 0 Å². The van der Waals surface area contributed by atoms with Gasteiger partial charge in [-0.05, 0) is 56.4 Å². The molecule has 3 atom stereocenters. The highest BCUT2D eigenvalue weighted by Gasteiger charge is 2.41. The van der Waals surface area contributed by atoms with Crippen LogP contribution in [0.5, 0.6) is 0 Å². The van der Waals surface area contributed by atoms with Gasteiger partial charge < -0.3 is 5.73 Å². The van der Waals surface area contributed by atoms with Gasteiger partial charge in [0.25, 0.3) is 0 Å². The number of allylic oxidation sites excluding steroid dienone is 2. The molecule has 0 spiro atoms. The van der Waals surface area contributed by atoms with E-state index in [2.05, 4.69) is 4.99 Å². The van der Waals surface area contributed by atoms with Crippen LogP contribution in [-0.4, -0.2) is 18.9 Å². The lowest BCUT2D eigenvalue weighted by Gasteiger charge is -2.23. The molecule has 17 heavy (non-hydrogen) atoms. The summed E-state index contributed by atoms with van der Waals surface area (Å²) in [6.07, 6.45) is 6.97. The van der Waals surface area contributed by atoms with Crippen LogP contribution >= 0.6 is 0 Å². The molecule has 2 aliphatic carbocycles. The van der Waals surface area contributed by atoms with Crippen molar-refractivity contribution in [2.45, 2.75) is 45.6 Å². The topological polar surface area (TPSA) is 38.4 Å². The van der Waals surface area contributed by atoms with Gasteiger partial charge in [0.05, 0.1) is 0 Å². The second-order valence-corrected chi connectivity index (χ2v) is 5.77. The van der Waals surface area contributed by atoms with Gasteiger partial charge in [-0.2, -0.15) is 0 Å². The van der Waals surface area contributed by atoms with Crippen LogP contribution in [0.25, 0.3) is 0 Å². The minimum atomic E-state index is -0.548. The van der Waals surface area contributed by atoms with Crippen molar-refractivity contribution in [1.82, 2.24) is 0 Å². The summed E-state index contributed by atoms with van der Waals surface area (Å²) in [6, 6.07) is 0.246. The Balaban J connectivity index is 2.17. The fraction of sp³-hybridized carbons (Fsp3) is 0.786. The van der Waals surface area contributed by atoms with E-state index in [1.54, 1.807) is 0 Å². The predicted octanol–water partition coefficient (Wildman–Crippen LogP) is 3.08. The summed E-state index contributed by atoms with van der Waals surface area (Å²) in [5.74, 6) is 2.03. The van der Waals surface area contributed by atoms with Crippen LogP contribution in [0.3, 0.4) is 0 Å². The summed E-state index contributed by atoms with van der Waals surface area (Å²) >= 11 is 0. The second-order valence-electron chi connectivity index (χ2n) is 5.77. The smallest absolute Gasteiger partial charge is 0.129 e. The number of fused-ring (bicyclic) bond motifs is 2. The van der Waals surface area contributed by atoms with Crippen molar-refractivity contribution >= 4 is 6.21 Å². The van der Waals surface area contributed by atoms with Gasteiger partial charge in [0.1, 0.15) is 6.67 Å². The summed E-state index contributed by atoms with van der Waals surface area (Å²) < 4.78 is 12.8. The Bertz CT molecular complexity index is 333. The Hall–Kier alpha value is -0.860. The molecule has 96 valence electrons. The molecule has 2 bridgehead atoms. The third-order valence-electron chi connectivity index (χ3n) is 4.16. The standard InChI is InChI=1S/C14H23FN2/c1-9(2)17-8-13(14(16)7-15)12-6-10-3-4-11(12)5-10/h8-12H,3-7,16H2,1-2H3. The van der Waals surface area contributed by atoms with Crippen LogP contribution in [0.2, 0.25) is 0 Å². The first kappa shape index (κ1) is 12.6. The highest BCUT2D eigenvalue weighted by molar-refractivity contribution is 5.80. The highest BCUT2D eigenvalue weighted by Crippen LogP contribution is 2.50. The lowest BCUT2D eigenvalue weighted by atomic mass is 9.82. The molecule has 3 heteroatoms. The average molecular weight is 238 g/mol. The molecular weight excluding hydrogens is 215 g/mol. The molecule has 0 aromatic carbocycles. The molecule has 2 saturated carbocycles. The highest BCUT2D eigenvalue weighted by atomic mass is 19.1. The summed E-state index contributed by atoms with van der Waals surface area (Å²) in [6.45, 7) is 3.51. The summed E-state index contributed by atoms with van der Waals surface area (Å²) in [7, 11) is 0. The third-order valence-corrected chi connectivity index (χ3v) is 4.16. The van der Waals surface area contributed by atoms with E-state index in [1.165, 1.54) is 25.7 Å². The molecule has 0 radical (unpaired) electrons. The number of hydrogen-bond donors (Lipinski definition) is 1. The maximum atomic E-state index is 12.8. The molecule has 3 unspecified atom stereocenters. The van der Waals surface area contributed by atoms with Crippen LogP contribution in [-0.2, 0) is 0 Å². The molecule has 2 rings (SSSR count). The van der Waals surface area contributed by atoms with Gasteiger partial charge in [0.2, 0.25) is 0 Å². The van der Waals surface area contributed by atoms with E-state index in [1.807, 2.05) is 20.1 Å². The fourth-order valence-electron chi connectivity index (χ4n) is 3.35. The second kappa shape index (κ2) is 5.19. The molecule has 2 nitrogen and oxygen atoms in total. The first-order valence-corrected chi connectivity index (χ1v) is 6.69. The van der Waals surface area contributed by atoms with E-state index in [9.17, 15) is 4.39 Å². The minimum Gasteiger partial charge on any atom is -0.400 e.